The van der Waals surface area contributed by atoms with Gasteiger partial charge in [-0.3, -0.25) is 19.6 Å². The van der Waals surface area contributed by atoms with Crippen LogP contribution in [0, 0.1) is 6.92 Å². The van der Waals surface area contributed by atoms with Crippen LogP contribution in [0.25, 0.3) is 16.7 Å². The van der Waals surface area contributed by atoms with E-state index in [2.05, 4.69) is 15.7 Å². The predicted molar refractivity (Wildman–Crippen MR) is 132 cm³/mol. The Morgan fingerprint density at radius 3 is 2.40 bits per heavy atom. The zero-order valence-electron chi connectivity index (χ0n) is 19.5. The quantitative estimate of drug-likeness (QED) is 0.420. The highest BCUT2D eigenvalue weighted by atomic mass is 16.2. The molecule has 2 N–H and O–H groups in total. The average Bonchev–Trinajstić information content (AvgIpc) is 3.31. The van der Waals surface area contributed by atoms with E-state index >= 15 is 0 Å². The van der Waals surface area contributed by atoms with Crippen LogP contribution < -0.4 is 10.7 Å². The number of carbonyl (C=O) groups is 3. The number of imidazole rings is 1. The van der Waals surface area contributed by atoms with Crippen LogP contribution in [0.3, 0.4) is 0 Å². The molecule has 2 heterocycles. The first-order valence-corrected chi connectivity index (χ1v) is 11.4. The molecule has 1 saturated heterocycles. The van der Waals surface area contributed by atoms with Gasteiger partial charge in [0.15, 0.2) is 0 Å². The van der Waals surface area contributed by atoms with Gasteiger partial charge in [-0.2, -0.15) is 5.01 Å². The van der Waals surface area contributed by atoms with Crippen molar-refractivity contribution >= 4 is 28.9 Å². The Balaban J connectivity index is 1.33. The average molecular weight is 468 g/mol. The van der Waals surface area contributed by atoms with Gasteiger partial charge in [-0.15, -0.1) is 0 Å². The molecule has 8 nitrogen and oxygen atoms in total. The lowest BCUT2D eigenvalue weighted by Gasteiger charge is -2.21. The Morgan fingerprint density at radius 1 is 1.00 bits per heavy atom. The maximum Gasteiger partial charge on any atom is 0.344 e. The lowest BCUT2D eigenvalue weighted by Crippen LogP contribution is -2.48. The van der Waals surface area contributed by atoms with Gasteiger partial charge in [-0.25, -0.2) is 9.78 Å². The van der Waals surface area contributed by atoms with Gasteiger partial charge < -0.3 is 5.32 Å². The molecule has 5 rings (SSSR count). The van der Waals surface area contributed by atoms with E-state index in [1.54, 1.807) is 19.1 Å². The third kappa shape index (κ3) is 4.14. The summed E-state index contributed by atoms with van der Waals surface area (Å²) in [6.45, 7) is 3.57. The number of hydrazine groups is 1. The first kappa shape index (κ1) is 22.3. The van der Waals surface area contributed by atoms with Crippen molar-refractivity contribution in [2.24, 2.45) is 0 Å². The van der Waals surface area contributed by atoms with Crippen LogP contribution in [0.1, 0.15) is 35.1 Å². The van der Waals surface area contributed by atoms with Crippen molar-refractivity contribution in [2.45, 2.75) is 32.2 Å². The van der Waals surface area contributed by atoms with E-state index in [4.69, 9.17) is 0 Å². The molecule has 1 atom stereocenters. The highest BCUT2D eigenvalue weighted by Crippen LogP contribution is 2.24. The lowest BCUT2D eigenvalue weighted by atomic mass is 9.93. The molecule has 0 bridgehead atoms. The third-order valence-corrected chi connectivity index (χ3v) is 6.33. The number of nitrogens with one attached hydrogen (secondary N) is 2. The van der Waals surface area contributed by atoms with Crippen molar-refractivity contribution in [3.8, 4) is 5.69 Å². The first-order valence-electron chi connectivity index (χ1n) is 11.4. The summed E-state index contributed by atoms with van der Waals surface area (Å²) >= 11 is 0. The minimum Gasteiger partial charge on any atom is -0.322 e. The van der Waals surface area contributed by atoms with Gasteiger partial charge in [0.05, 0.1) is 11.0 Å². The Morgan fingerprint density at radius 2 is 1.69 bits per heavy atom. The summed E-state index contributed by atoms with van der Waals surface area (Å²) in [4.78, 5) is 43.2. The zero-order chi connectivity index (χ0) is 24.6. The molecule has 4 aromatic rings. The molecule has 1 aromatic heterocycles. The van der Waals surface area contributed by atoms with Crippen molar-refractivity contribution in [2.75, 3.05) is 0 Å². The fourth-order valence-electron chi connectivity index (χ4n) is 4.41. The number of para-hydroxylation sites is 1. The van der Waals surface area contributed by atoms with Crippen molar-refractivity contribution in [3.63, 3.8) is 0 Å². The van der Waals surface area contributed by atoms with Gasteiger partial charge in [0.2, 0.25) is 0 Å². The molecule has 176 valence electrons. The number of carbonyl (C=O) groups excluding carboxylic acids is 3. The van der Waals surface area contributed by atoms with E-state index in [0.717, 1.165) is 27.6 Å². The van der Waals surface area contributed by atoms with Gasteiger partial charge in [-0.1, -0.05) is 48.5 Å². The molecule has 0 unspecified atom stereocenters. The number of urea groups is 1. The molecule has 8 heteroatoms. The second-order valence-electron chi connectivity index (χ2n) is 8.86. The third-order valence-electron chi connectivity index (χ3n) is 6.33. The second-order valence-corrected chi connectivity index (χ2v) is 8.86. The summed E-state index contributed by atoms with van der Waals surface area (Å²) in [7, 11) is 0. The fourth-order valence-corrected chi connectivity index (χ4v) is 4.41. The van der Waals surface area contributed by atoms with Gasteiger partial charge in [-0.05, 0) is 62.6 Å². The van der Waals surface area contributed by atoms with Crippen LogP contribution in [-0.2, 0) is 11.2 Å². The number of imide groups is 1. The van der Waals surface area contributed by atoms with Crippen LogP contribution in [0.2, 0.25) is 0 Å². The SMILES string of the molecule is Cc1nc2cc(C(=O)NN3C(=O)N[C@](C)(CCc4ccccc4)C3=O)ccc2n1-c1ccccc1. The molecule has 1 aliphatic heterocycles. The van der Waals surface area contributed by atoms with Gasteiger partial charge in [0, 0.05) is 11.3 Å². The monoisotopic (exact) mass is 467 g/mol. The standard InChI is InChI=1S/C27H25N5O3/c1-18-28-22-17-20(13-14-23(22)31(18)21-11-7-4-8-12-21)24(33)30-32-25(34)27(2,29-26(32)35)16-15-19-9-5-3-6-10-19/h3-14,17H,15-16H2,1-2H3,(H,29,35)(H,30,33)/t27-/m1/s1. The second kappa shape index (κ2) is 8.72. The summed E-state index contributed by atoms with van der Waals surface area (Å²) in [6.07, 6.45) is 1.03. The minimum absolute atomic E-state index is 0.300. The molecule has 0 spiro atoms. The van der Waals surface area contributed by atoms with E-state index < -0.39 is 23.4 Å². The van der Waals surface area contributed by atoms with Crippen LogP contribution in [0.5, 0.6) is 0 Å². The molecular weight excluding hydrogens is 442 g/mol. The molecule has 4 amide bonds. The molecule has 35 heavy (non-hydrogen) atoms. The molecule has 0 saturated carbocycles. The number of hydrogen-bond donors (Lipinski definition) is 2. The summed E-state index contributed by atoms with van der Waals surface area (Å²) in [5.41, 5.74) is 5.20. The van der Waals surface area contributed by atoms with Gasteiger partial charge >= 0.3 is 6.03 Å². The van der Waals surface area contributed by atoms with E-state index in [1.165, 1.54) is 0 Å². The van der Waals surface area contributed by atoms with Crippen molar-refractivity contribution in [1.29, 1.82) is 0 Å². The number of nitrogens with zero attached hydrogens (tertiary/aromatic N) is 3. The molecule has 0 aliphatic carbocycles. The van der Waals surface area contributed by atoms with Gasteiger partial charge in [0.1, 0.15) is 11.4 Å². The summed E-state index contributed by atoms with van der Waals surface area (Å²) < 4.78 is 2.01. The normalized spacial score (nSPS) is 17.6. The Bertz CT molecular complexity index is 1430. The molecule has 1 fully saturated rings. The largest absolute Gasteiger partial charge is 0.344 e. The highest BCUT2D eigenvalue weighted by Gasteiger charge is 2.48. The van der Waals surface area contributed by atoms with Crippen molar-refractivity contribution in [3.05, 3.63) is 95.8 Å². The Kier molecular flexibility index (Phi) is 5.56. The van der Waals surface area contributed by atoms with E-state index in [-0.39, 0.29) is 0 Å². The van der Waals surface area contributed by atoms with Crippen molar-refractivity contribution < 1.29 is 14.4 Å². The summed E-state index contributed by atoms with van der Waals surface area (Å²) in [5.74, 6) is -0.265. The molecule has 1 aliphatic rings. The number of benzene rings is 3. The predicted octanol–water partition coefficient (Wildman–Crippen LogP) is 3.92. The van der Waals surface area contributed by atoms with E-state index in [9.17, 15) is 14.4 Å². The Hall–Kier alpha value is -4.46. The lowest BCUT2D eigenvalue weighted by molar-refractivity contribution is -0.132. The number of fused-ring (bicyclic) bond motifs is 1. The minimum atomic E-state index is -1.10. The molecule has 0 radical (unpaired) electrons. The fraction of sp³-hybridized carbons (Fsp3) is 0.185. The maximum absolute atomic E-state index is 13.1. The van der Waals surface area contributed by atoms with Crippen LogP contribution in [-0.4, -0.2) is 37.9 Å². The molecular formula is C27H25N5O3. The number of amides is 4. The first-order chi connectivity index (χ1) is 16.9. The van der Waals surface area contributed by atoms with Crippen LogP contribution in [0.15, 0.2) is 78.9 Å². The topological polar surface area (TPSA) is 96.3 Å². The Labute approximate surface area is 202 Å². The smallest absolute Gasteiger partial charge is 0.322 e. The number of aromatic nitrogens is 2. The summed E-state index contributed by atoms with van der Waals surface area (Å²) in [5, 5.41) is 3.49. The molecule has 3 aromatic carbocycles. The van der Waals surface area contributed by atoms with Gasteiger partial charge in [0.25, 0.3) is 11.8 Å². The highest BCUT2D eigenvalue weighted by molar-refractivity contribution is 6.09. The van der Waals surface area contributed by atoms with Crippen LogP contribution >= 0.6 is 0 Å². The number of aryl methyl sites for hydroxylation is 2. The van der Waals surface area contributed by atoms with E-state index in [0.29, 0.717) is 23.9 Å². The van der Waals surface area contributed by atoms with E-state index in [1.807, 2.05) is 78.2 Å². The zero-order valence-corrected chi connectivity index (χ0v) is 19.5. The van der Waals surface area contributed by atoms with Crippen molar-refractivity contribution in [1.82, 2.24) is 25.3 Å². The number of hydrogen-bond acceptors (Lipinski definition) is 4. The summed E-state index contributed by atoms with van der Waals surface area (Å²) in [6, 6.07) is 24.0. The maximum atomic E-state index is 13.1. The van der Waals surface area contributed by atoms with Crippen LogP contribution in [0.4, 0.5) is 4.79 Å². The number of rotatable bonds is 6.